The Bertz CT molecular complexity index is 525. The summed E-state index contributed by atoms with van der Waals surface area (Å²) < 4.78 is 19.8. The minimum absolute atomic E-state index is 0.0287. The molecule has 1 aliphatic rings. The molecule has 0 aliphatic carbocycles. The fraction of sp³-hybridized carbons (Fsp3) is 0.529. The van der Waals surface area contributed by atoms with Crippen molar-refractivity contribution >= 4 is 0 Å². The van der Waals surface area contributed by atoms with Gasteiger partial charge in [0.25, 0.3) is 0 Å². The third-order valence-electron chi connectivity index (χ3n) is 3.41. The summed E-state index contributed by atoms with van der Waals surface area (Å²) in [5.74, 6) is 5.42. The molecule has 1 aromatic rings. The van der Waals surface area contributed by atoms with Crippen molar-refractivity contribution < 1.29 is 14.2 Å². The fourth-order valence-electron chi connectivity index (χ4n) is 2.63. The lowest BCUT2D eigenvalue weighted by Gasteiger charge is -2.35. The highest BCUT2D eigenvalue weighted by atomic mass is 19.1. The second kappa shape index (κ2) is 7.56. The molecule has 1 aromatic carbocycles. The van der Waals surface area contributed by atoms with Crippen LogP contribution in [0.5, 0.6) is 0 Å². The van der Waals surface area contributed by atoms with E-state index in [9.17, 15) is 4.39 Å². The molecule has 0 radical (unpaired) electrons. The van der Waals surface area contributed by atoms with Crippen LogP contribution in [0.25, 0.3) is 0 Å². The van der Waals surface area contributed by atoms with E-state index in [0.29, 0.717) is 24.1 Å². The van der Waals surface area contributed by atoms with E-state index < -0.39 is 0 Å². The van der Waals surface area contributed by atoms with E-state index in [2.05, 4.69) is 16.7 Å². The predicted molar refractivity (Wildman–Crippen MR) is 80.3 cm³/mol. The average molecular weight is 291 g/mol. The molecule has 0 amide bonds. The maximum absolute atomic E-state index is 14.1. The second-order valence-electron chi connectivity index (χ2n) is 5.53. The number of aliphatic hydroxyl groups is 1. The number of hydrogen-bond acceptors (Lipinski definition) is 3. The summed E-state index contributed by atoms with van der Waals surface area (Å²) in [5.41, 5.74) is 1.33. The molecule has 21 heavy (non-hydrogen) atoms. The number of halogens is 1. The molecular weight excluding hydrogens is 269 g/mol. The fourth-order valence-corrected chi connectivity index (χ4v) is 2.63. The zero-order valence-corrected chi connectivity index (χ0v) is 12.6. The average Bonchev–Trinajstić information content (AvgIpc) is 2.41. The molecule has 1 saturated heterocycles. The highest BCUT2D eigenvalue weighted by molar-refractivity contribution is 5.37. The molecule has 2 atom stereocenters. The van der Waals surface area contributed by atoms with Gasteiger partial charge in [0.15, 0.2) is 0 Å². The monoisotopic (exact) mass is 291 g/mol. The van der Waals surface area contributed by atoms with Crippen LogP contribution in [0.4, 0.5) is 4.39 Å². The number of hydrogen-bond donors (Lipinski definition) is 1. The molecule has 1 aliphatic heterocycles. The van der Waals surface area contributed by atoms with Crippen LogP contribution in [-0.2, 0) is 11.3 Å². The van der Waals surface area contributed by atoms with E-state index in [1.165, 1.54) is 6.07 Å². The Balaban J connectivity index is 2.02. The van der Waals surface area contributed by atoms with Crippen molar-refractivity contribution in [3.63, 3.8) is 0 Å². The van der Waals surface area contributed by atoms with Gasteiger partial charge in [0, 0.05) is 37.2 Å². The van der Waals surface area contributed by atoms with Crippen molar-refractivity contribution in [2.24, 2.45) is 0 Å². The normalized spacial score (nSPS) is 22.7. The van der Waals surface area contributed by atoms with Crippen molar-refractivity contribution in [1.29, 1.82) is 0 Å². The second-order valence-corrected chi connectivity index (χ2v) is 5.53. The number of rotatable bonds is 3. The van der Waals surface area contributed by atoms with E-state index in [4.69, 9.17) is 9.84 Å². The largest absolute Gasteiger partial charge is 0.395 e. The van der Waals surface area contributed by atoms with Gasteiger partial charge in [0.1, 0.15) is 5.82 Å². The molecule has 0 unspecified atom stereocenters. The first-order valence-electron chi connectivity index (χ1n) is 7.34. The van der Waals surface area contributed by atoms with Crippen LogP contribution >= 0.6 is 0 Å². The minimum atomic E-state index is -0.224. The quantitative estimate of drug-likeness (QED) is 0.866. The van der Waals surface area contributed by atoms with E-state index >= 15 is 0 Å². The number of ether oxygens (including phenoxy) is 1. The number of aliphatic hydroxyl groups excluding tert-OH is 1. The van der Waals surface area contributed by atoms with Gasteiger partial charge in [-0.05, 0) is 26.0 Å². The van der Waals surface area contributed by atoms with Gasteiger partial charge >= 0.3 is 0 Å². The highest BCUT2D eigenvalue weighted by Crippen LogP contribution is 2.17. The molecule has 0 saturated carbocycles. The predicted octanol–water partition coefficient (Wildman–Crippen LogP) is 2.17. The Morgan fingerprint density at radius 2 is 2.05 bits per heavy atom. The number of benzene rings is 1. The van der Waals surface area contributed by atoms with Gasteiger partial charge in [-0.1, -0.05) is 17.9 Å². The Hall–Kier alpha value is -1.41. The topological polar surface area (TPSA) is 32.7 Å². The first-order chi connectivity index (χ1) is 10.1. The van der Waals surface area contributed by atoms with Crippen LogP contribution in [-0.4, -0.2) is 41.9 Å². The molecule has 1 heterocycles. The van der Waals surface area contributed by atoms with Gasteiger partial charge in [0.05, 0.1) is 18.8 Å². The van der Waals surface area contributed by atoms with Gasteiger partial charge in [-0.2, -0.15) is 0 Å². The molecule has 114 valence electrons. The van der Waals surface area contributed by atoms with Crippen molar-refractivity contribution in [2.75, 3.05) is 19.7 Å². The minimum Gasteiger partial charge on any atom is -0.395 e. The van der Waals surface area contributed by atoms with Crippen LogP contribution in [0.15, 0.2) is 18.2 Å². The first-order valence-corrected chi connectivity index (χ1v) is 7.34. The van der Waals surface area contributed by atoms with Crippen LogP contribution in [0.1, 0.15) is 31.4 Å². The van der Waals surface area contributed by atoms with Crippen molar-refractivity contribution in [3.05, 3.63) is 35.1 Å². The van der Waals surface area contributed by atoms with Crippen LogP contribution in [0.3, 0.4) is 0 Å². The summed E-state index contributed by atoms with van der Waals surface area (Å²) in [6.07, 6.45) is 0.772. The Labute approximate surface area is 125 Å². The SMILES string of the molecule is C[C@@H]1CN(Cc2ccc(C#CCCO)cc2F)C[C@H](C)O1. The van der Waals surface area contributed by atoms with Gasteiger partial charge in [-0.25, -0.2) is 4.39 Å². The summed E-state index contributed by atoms with van der Waals surface area (Å²) >= 11 is 0. The molecule has 1 fully saturated rings. The van der Waals surface area contributed by atoms with Crippen molar-refractivity contribution in [1.82, 2.24) is 4.90 Å². The third kappa shape index (κ3) is 4.82. The van der Waals surface area contributed by atoms with Gasteiger partial charge in [-0.15, -0.1) is 0 Å². The van der Waals surface area contributed by atoms with E-state index in [1.807, 2.05) is 19.9 Å². The van der Waals surface area contributed by atoms with Gasteiger partial charge in [0.2, 0.25) is 0 Å². The Morgan fingerprint density at radius 3 is 2.67 bits per heavy atom. The molecule has 0 spiro atoms. The highest BCUT2D eigenvalue weighted by Gasteiger charge is 2.22. The van der Waals surface area contributed by atoms with Gasteiger partial charge in [-0.3, -0.25) is 4.90 Å². The maximum Gasteiger partial charge on any atom is 0.128 e. The van der Waals surface area contributed by atoms with Crippen molar-refractivity contribution in [2.45, 2.75) is 39.0 Å². The lowest BCUT2D eigenvalue weighted by molar-refractivity contribution is -0.0707. The lowest BCUT2D eigenvalue weighted by atomic mass is 10.1. The van der Waals surface area contributed by atoms with Crippen molar-refractivity contribution in [3.8, 4) is 11.8 Å². The lowest BCUT2D eigenvalue weighted by Crippen LogP contribution is -2.44. The first kappa shape index (κ1) is 16.0. The standard InChI is InChI=1S/C17H22FNO2/c1-13-10-19(11-14(2)21-13)12-16-7-6-15(9-17(16)18)5-3-4-8-20/h6-7,9,13-14,20H,4,8,10-12H2,1-2H3/t13-,14+. The van der Waals surface area contributed by atoms with Crippen LogP contribution in [0.2, 0.25) is 0 Å². The van der Waals surface area contributed by atoms with E-state index in [-0.39, 0.29) is 24.6 Å². The molecule has 4 heteroatoms. The van der Waals surface area contributed by atoms with E-state index in [0.717, 1.165) is 13.1 Å². The van der Waals surface area contributed by atoms with Crippen LogP contribution < -0.4 is 0 Å². The molecule has 0 aromatic heterocycles. The number of nitrogens with zero attached hydrogens (tertiary/aromatic N) is 1. The Kier molecular flexibility index (Phi) is 5.75. The summed E-state index contributed by atoms with van der Waals surface area (Å²) in [7, 11) is 0. The molecule has 3 nitrogen and oxygen atoms in total. The molecule has 0 bridgehead atoms. The summed E-state index contributed by atoms with van der Waals surface area (Å²) in [5, 5.41) is 8.68. The van der Waals surface area contributed by atoms with Crippen LogP contribution in [0, 0.1) is 17.7 Å². The number of morpholine rings is 1. The molecule has 2 rings (SSSR count). The molecular formula is C17H22FNO2. The summed E-state index contributed by atoms with van der Waals surface area (Å²) in [4.78, 5) is 2.22. The summed E-state index contributed by atoms with van der Waals surface area (Å²) in [6, 6.07) is 5.09. The Morgan fingerprint density at radius 1 is 1.33 bits per heavy atom. The molecule has 1 N–H and O–H groups in total. The smallest absolute Gasteiger partial charge is 0.128 e. The zero-order chi connectivity index (χ0) is 15.2. The van der Waals surface area contributed by atoms with Gasteiger partial charge < -0.3 is 9.84 Å². The zero-order valence-electron chi connectivity index (χ0n) is 12.6. The summed E-state index contributed by atoms with van der Waals surface area (Å²) in [6.45, 7) is 6.34. The van der Waals surface area contributed by atoms with E-state index in [1.54, 1.807) is 6.07 Å². The maximum atomic E-state index is 14.1. The third-order valence-corrected chi connectivity index (χ3v) is 3.41.